The van der Waals surface area contributed by atoms with Gasteiger partial charge >= 0.3 is 0 Å². The van der Waals surface area contributed by atoms with E-state index in [0.29, 0.717) is 6.04 Å². The average Bonchev–Trinajstić information content (AvgIpc) is 2.51. The van der Waals surface area contributed by atoms with E-state index in [2.05, 4.69) is 36.5 Å². The number of hydrogen-bond acceptors (Lipinski definition) is 2. The number of hydrogen-bond donors (Lipinski definition) is 1. The Morgan fingerprint density at radius 1 is 1.14 bits per heavy atom. The van der Waals surface area contributed by atoms with Gasteiger partial charge in [0.1, 0.15) is 6.04 Å². The fraction of sp³-hybridized carbons (Fsp3) is 0.750. The SMILES string of the molecule is CC(NC(C#N)C12CC3CC(CC(C3)C1)C2)C1=CCCC=C1. The summed E-state index contributed by atoms with van der Waals surface area (Å²) in [6, 6.07) is 3.00. The maximum atomic E-state index is 9.88. The first-order valence-corrected chi connectivity index (χ1v) is 9.21. The van der Waals surface area contributed by atoms with Crippen LogP contribution in [-0.2, 0) is 0 Å². The summed E-state index contributed by atoms with van der Waals surface area (Å²) in [7, 11) is 0. The van der Waals surface area contributed by atoms with Crippen LogP contribution in [0.25, 0.3) is 0 Å². The number of allylic oxidation sites excluding steroid dienone is 2. The molecule has 0 aromatic heterocycles. The van der Waals surface area contributed by atoms with Gasteiger partial charge in [-0.05, 0) is 87.0 Å². The quantitative estimate of drug-likeness (QED) is 0.837. The molecule has 118 valence electrons. The second-order valence-electron chi connectivity index (χ2n) is 8.41. The monoisotopic (exact) mass is 296 g/mol. The van der Waals surface area contributed by atoms with Crippen LogP contribution < -0.4 is 5.32 Å². The predicted octanol–water partition coefficient (Wildman–Crippen LogP) is 4.35. The molecule has 0 aliphatic heterocycles. The molecule has 5 aliphatic carbocycles. The molecule has 0 radical (unpaired) electrons. The Bertz CT molecular complexity index is 501. The highest BCUT2D eigenvalue weighted by atomic mass is 15.0. The summed E-state index contributed by atoms with van der Waals surface area (Å²) in [6.07, 6.45) is 17.4. The van der Waals surface area contributed by atoms with Crippen molar-refractivity contribution in [2.24, 2.45) is 23.2 Å². The minimum absolute atomic E-state index is 0.0344. The molecule has 4 bridgehead atoms. The van der Waals surface area contributed by atoms with Crippen LogP contribution in [0, 0.1) is 34.5 Å². The van der Waals surface area contributed by atoms with Crippen molar-refractivity contribution in [1.82, 2.24) is 5.32 Å². The zero-order valence-corrected chi connectivity index (χ0v) is 13.7. The summed E-state index contributed by atoms with van der Waals surface area (Å²) in [4.78, 5) is 0. The van der Waals surface area contributed by atoms with Gasteiger partial charge in [-0.25, -0.2) is 0 Å². The van der Waals surface area contributed by atoms with Crippen LogP contribution in [0.2, 0.25) is 0 Å². The maximum Gasteiger partial charge on any atom is 0.101 e. The first-order valence-electron chi connectivity index (χ1n) is 9.21. The Balaban J connectivity index is 1.51. The topological polar surface area (TPSA) is 35.8 Å². The molecule has 5 aliphatic rings. The van der Waals surface area contributed by atoms with Gasteiger partial charge in [-0.3, -0.25) is 5.32 Å². The highest BCUT2D eigenvalue weighted by molar-refractivity contribution is 5.28. The van der Waals surface area contributed by atoms with Crippen molar-refractivity contribution in [3.8, 4) is 6.07 Å². The van der Waals surface area contributed by atoms with Crippen LogP contribution in [-0.4, -0.2) is 12.1 Å². The molecule has 0 amide bonds. The van der Waals surface area contributed by atoms with E-state index in [1.807, 2.05) is 0 Å². The molecular weight excluding hydrogens is 268 g/mol. The molecule has 2 heteroatoms. The molecular formula is C20H28N2. The highest BCUT2D eigenvalue weighted by Crippen LogP contribution is 2.61. The molecule has 4 saturated carbocycles. The summed E-state index contributed by atoms with van der Waals surface area (Å²) in [5.74, 6) is 2.73. The lowest BCUT2D eigenvalue weighted by atomic mass is 9.48. The first-order chi connectivity index (χ1) is 10.7. The third kappa shape index (κ3) is 2.44. The van der Waals surface area contributed by atoms with Crippen molar-refractivity contribution in [2.45, 2.75) is 70.4 Å². The largest absolute Gasteiger partial charge is 0.295 e. The molecule has 0 saturated heterocycles. The smallest absolute Gasteiger partial charge is 0.101 e. The van der Waals surface area contributed by atoms with Crippen LogP contribution in [0.15, 0.2) is 23.8 Å². The van der Waals surface area contributed by atoms with E-state index in [-0.39, 0.29) is 11.5 Å². The van der Waals surface area contributed by atoms with Crippen LogP contribution in [0.4, 0.5) is 0 Å². The molecule has 0 spiro atoms. The lowest BCUT2D eigenvalue weighted by molar-refractivity contribution is -0.0645. The summed E-state index contributed by atoms with van der Waals surface area (Å²) >= 11 is 0. The fourth-order valence-corrected chi connectivity index (χ4v) is 6.18. The van der Waals surface area contributed by atoms with Crippen molar-refractivity contribution < 1.29 is 0 Å². The number of nitrogens with zero attached hydrogens (tertiary/aromatic N) is 1. The zero-order valence-electron chi connectivity index (χ0n) is 13.7. The maximum absolute atomic E-state index is 9.88. The molecule has 0 heterocycles. The number of nitriles is 1. The van der Waals surface area contributed by atoms with E-state index < -0.39 is 0 Å². The van der Waals surface area contributed by atoms with E-state index in [0.717, 1.165) is 30.6 Å². The average molecular weight is 296 g/mol. The van der Waals surface area contributed by atoms with Crippen molar-refractivity contribution >= 4 is 0 Å². The van der Waals surface area contributed by atoms with Crippen LogP contribution >= 0.6 is 0 Å². The Morgan fingerprint density at radius 2 is 1.77 bits per heavy atom. The summed E-state index contributed by atoms with van der Waals surface area (Å²) in [5.41, 5.74) is 1.65. The molecule has 22 heavy (non-hydrogen) atoms. The van der Waals surface area contributed by atoms with E-state index in [1.54, 1.807) is 0 Å². The van der Waals surface area contributed by atoms with E-state index in [9.17, 15) is 5.26 Å². The normalized spacial score (nSPS) is 41.8. The Morgan fingerprint density at radius 3 is 2.27 bits per heavy atom. The van der Waals surface area contributed by atoms with Gasteiger partial charge in [0.25, 0.3) is 0 Å². The minimum atomic E-state index is 0.0344. The molecule has 0 aromatic rings. The second kappa shape index (κ2) is 5.53. The number of nitrogens with one attached hydrogen (secondary N) is 1. The van der Waals surface area contributed by atoms with E-state index >= 15 is 0 Å². The van der Waals surface area contributed by atoms with Gasteiger partial charge in [0.2, 0.25) is 0 Å². The molecule has 2 atom stereocenters. The Labute approximate surface area is 134 Å². The summed E-state index contributed by atoms with van der Waals surface area (Å²) < 4.78 is 0. The van der Waals surface area contributed by atoms with Gasteiger partial charge < -0.3 is 0 Å². The summed E-state index contributed by atoms with van der Waals surface area (Å²) in [6.45, 7) is 2.23. The first kappa shape index (κ1) is 14.5. The predicted molar refractivity (Wildman–Crippen MR) is 89.1 cm³/mol. The number of rotatable bonds is 4. The van der Waals surface area contributed by atoms with Gasteiger partial charge in [0.15, 0.2) is 0 Å². The third-order valence-corrected chi connectivity index (χ3v) is 6.77. The van der Waals surface area contributed by atoms with Gasteiger partial charge in [-0.15, -0.1) is 0 Å². The van der Waals surface area contributed by atoms with E-state index in [1.165, 1.54) is 44.1 Å². The van der Waals surface area contributed by atoms with Crippen molar-refractivity contribution in [3.63, 3.8) is 0 Å². The third-order valence-electron chi connectivity index (χ3n) is 6.77. The van der Waals surface area contributed by atoms with Crippen LogP contribution in [0.5, 0.6) is 0 Å². The zero-order chi connectivity index (χ0) is 15.2. The minimum Gasteiger partial charge on any atom is -0.295 e. The molecule has 4 fully saturated rings. The molecule has 2 unspecified atom stereocenters. The standard InChI is InChI=1S/C20H28N2/c1-14(18-5-3-2-4-6-18)22-19(13-21)20-10-15-7-16(11-20)9-17(8-15)12-20/h3,5-6,14-17,19,22H,2,4,7-12H2,1H3. The molecule has 2 nitrogen and oxygen atoms in total. The summed E-state index contributed by atoms with van der Waals surface area (Å²) in [5, 5.41) is 13.6. The molecule has 5 rings (SSSR count). The van der Waals surface area contributed by atoms with Crippen molar-refractivity contribution in [1.29, 1.82) is 5.26 Å². The van der Waals surface area contributed by atoms with Gasteiger partial charge in [0, 0.05) is 6.04 Å². The van der Waals surface area contributed by atoms with Crippen LogP contribution in [0.3, 0.4) is 0 Å². The lowest BCUT2D eigenvalue weighted by Gasteiger charge is -2.58. The van der Waals surface area contributed by atoms with E-state index in [4.69, 9.17) is 0 Å². The Hall–Kier alpha value is -1.07. The van der Waals surface area contributed by atoms with Crippen LogP contribution in [0.1, 0.15) is 58.3 Å². The van der Waals surface area contributed by atoms with Gasteiger partial charge in [-0.1, -0.05) is 18.2 Å². The second-order valence-corrected chi connectivity index (χ2v) is 8.41. The van der Waals surface area contributed by atoms with Crippen molar-refractivity contribution in [3.05, 3.63) is 23.8 Å². The molecule has 1 N–H and O–H groups in total. The highest BCUT2D eigenvalue weighted by Gasteiger charge is 2.54. The fourth-order valence-electron chi connectivity index (χ4n) is 6.18. The lowest BCUT2D eigenvalue weighted by Crippen LogP contribution is -2.57. The van der Waals surface area contributed by atoms with Gasteiger partial charge in [0.05, 0.1) is 6.07 Å². The Kier molecular flexibility index (Phi) is 3.65. The molecule has 0 aromatic carbocycles. The van der Waals surface area contributed by atoms with Crippen molar-refractivity contribution in [2.75, 3.05) is 0 Å². The van der Waals surface area contributed by atoms with Gasteiger partial charge in [-0.2, -0.15) is 5.26 Å².